The lowest BCUT2D eigenvalue weighted by Gasteiger charge is -2.14. The Kier molecular flexibility index (Phi) is 4.66. The summed E-state index contributed by atoms with van der Waals surface area (Å²) < 4.78 is 0. The zero-order chi connectivity index (χ0) is 13.7. The summed E-state index contributed by atoms with van der Waals surface area (Å²) in [6, 6.07) is 5.45. The van der Waals surface area contributed by atoms with Gasteiger partial charge in [0.2, 0.25) is 0 Å². The Morgan fingerprint density at radius 3 is 2.74 bits per heavy atom. The van der Waals surface area contributed by atoms with Gasteiger partial charge in [0, 0.05) is 18.7 Å². The van der Waals surface area contributed by atoms with Crippen molar-refractivity contribution in [3.8, 4) is 0 Å². The predicted octanol–water partition coefficient (Wildman–Crippen LogP) is 2.62. The van der Waals surface area contributed by atoms with Gasteiger partial charge in [-0.1, -0.05) is 12.8 Å². The minimum atomic E-state index is -0.0726. The molecule has 0 radical (unpaired) electrons. The molecule has 1 aromatic rings. The summed E-state index contributed by atoms with van der Waals surface area (Å²) in [5.74, 6) is 0.694. The van der Waals surface area contributed by atoms with E-state index in [4.69, 9.17) is 5.73 Å². The molecule has 0 atom stereocenters. The molecule has 0 unspecified atom stereocenters. The molecule has 1 amide bonds. The highest BCUT2D eigenvalue weighted by Crippen LogP contribution is 2.26. The summed E-state index contributed by atoms with van der Waals surface area (Å²) in [5, 5.41) is 6.17. The average Bonchev–Trinajstić information content (AvgIpc) is 2.90. The third kappa shape index (κ3) is 3.63. The summed E-state index contributed by atoms with van der Waals surface area (Å²) in [6.45, 7) is 3.50. The molecule has 0 heterocycles. The predicted molar refractivity (Wildman–Crippen MR) is 79.3 cm³/mol. The van der Waals surface area contributed by atoms with Crippen LogP contribution >= 0.6 is 0 Å². The van der Waals surface area contributed by atoms with Crippen LogP contribution in [0, 0.1) is 5.92 Å². The zero-order valence-electron chi connectivity index (χ0n) is 11.5. The van der Waals surface area contributed by atoms with Gasteiger partial charge in [-0.2, -0.15) is 0 Å². The third-order valence-corrected chi connectivity index (χ3v) is 3.71. The molecule has 0 spiro atoms. The standard InChI is InChI=1S/C15H23N3O/c1-2-17-15(19)12-7-8-14(13(16)9-12)18-10-11-5-3-4-6-11/h7-9,11,18H,2-6,10,16H2,1H3,(H,17,19). The Labute approximate surface area is 114 Å². The molecule has 2 rings (SSSR count). The second-order valence-corrected chi connectivity index (χ2v) is 5.19. The van der Waals surface area contributed by atoms with E-state index in [1.54, 1.807) is 6.07 Å². The summed E-state index contributed by atoms with van der Waals surface area (Å²) in [4.78, 5) is 11.7. The SMILES string of the molecule is CCNC(=O)c1ccc(NCC2CCCC2)c(N)c1. The summed E-state index contributed by atoms with van der Waals surface area (Å²) in [5.41, 5.74) is 8.19. The van der Waals surface area contributed by atoms with Crippen molar-refractivity contribution >= 4 is 17.3 Å². The van der Waals surface area contributed by atoms with E-state index >= 15 is 0 Å². The monoisotopic (exact) mass is 261 g/mol. The first-order valence-corrected chi connectivity index (χ1v) is 7.12. The molecule has 0 aromatic heterocycles. The second-order valence-electron chi connectivity index (χ2n) is 5.19. The van der Waals surface area contributed by atoms with Crippen molar-refractivity contribution in [2.24, 2.45) is 5.92 Å². The van der Waals surface area contributed by atoms with Crippen LogP contribution in [-0.2, 0) is 0 Å². The maximum absolute atomic E-state index is 11.7. The van der Waals surface area contributed by atoms with Gasteiger partial charge in [-0.15, -0.1) is 0 Å². The number of hydrogen-bond acceptors (Lipinski definition) is 3. The van der Waals surface area contributed by atoms with Gasteiger partial charge < -0.3 is 16.4 Å². The first kappa shape index (κ1) is 13.7. The second kappa shape index (κ2) is 6.45. The lowest BCUT2D eigenvalue weighted by molar-refractivity contribution is 0.0956. The number of nitrogen functional groups attached to an aromatic ring is 1. The molecule has 0 aliphatic heterocycles. The van der Waals surface area contributed by atoms with Gasteiger partial charge in [-0.05, 0) is 43.9 Å². The number of hydrogen-bond donors (Lipinski definition) is 3. The van der Waals surface area contributed by atoms with Crippen LogP contribution in [0.3, 0.4) is 0 Å². The van der Waals surface area contributed by atoms with Gasteiger partial charge in [0.1, 0.15) is 0 Å². The number of carbonyl (C=O) groups is 1. The van der Waals surface area contributed by atoms with E-state index in [-0.39, 0.29) is 5.91 Å². The molecule has 4 N–H and O–H groups in total. The average molecular weight is 261 g/mol. The largest absolute Gasteiger partial charge is 0.397 e. The maximum atomic E-state index is 11.7. The Morgan fingerprint density at radius 1 is 1.37 bits per heavy atom. The van der Waals surface area contributed by atoms with E-state index in [1.165, 1.54) is 25.7 Å². The first-order valence-electron chi connectivity index (χ1n) is 7.12. The third-order valence-electron chi connectivity index (χ3n) is 3.71. The van der Waals surface area contributed by atoms with Gasteiger partial charge in [-0.3, -0.25) is 4.79 Å². The van der Waals surface area contributed by atoms with E-state index in [9.17, 15) is 4.79 Å². The van der Waals surface area contributed by atoms with Crippen molar-refractivity contribution < 1.29 is 4.79 Å². The Bertz CT molecular complexity index is 439. The van der Waals surface area contributed by atoms with Crippen LogP contribution in [0.1, 0.15) is 43.0 Å². The molecule has 104 valence electrons. The van der Waals surface area contributed by atoms with Crippen molar-refractivity contribution in [3.05, 3.63) is 23.8 Å². The molecule has 0 bridgehead atoms. The van der Waals surface area contributed by atoms with Gasteiger partial charge in [0.05, 0.1) is 11.4 Å². The zero-order valence-corrected chi connectivity index (χ0v) is 11.5. The van der Waals surface area contributed by atoms with Crippen LogP contribution in [0.5, 0.6) is 0 Å². The Hall–Kier alpha value is -1.71. The molecule has 1 aliphatic rings. The summed E-state index contributed by atoms with van der Waals surface area (Å²) in [7, 11) is 0. The fourth-order valence-corrected chi connectivity index (χ4v) is 2.60. The highest BCUT2D eigenvalue weighted by atomic mass is 16.1. The topological polar surface area (TPSA) is 67.2 Å². The molecule has 4 nitrogen and oxygen atoms in total. The van der Waals surface area contributed by atoms with Crippen LogP contribution in [0.4, 0.5) is 11.4 Å². The highest BCUT2D eigenvalue weighted by Gasteiger charge is 2.15. The quantitative estimate of drug-likeness (QED) is 0.714. The number of amides is 1. The van der Waals surface area contributed by atoms with Crippen molar-refractivity contribution in [1.82, 2.24) is 5.32 Å². The van der Waals surface area contributed by atoms with Crippen molar-refractivity contribution in [2.45, 2.75) is 32.6 Å². The van der Waals surface area contributed by atoms with Crippen LogP contribution in [0.2, 0.25) is 0 Å². The van der Waals surface area contributed by atoms with Crippen LogP contribution in [0.25, 0.3) is 0 Å². The van der Waals surface area contributed by atoms with Crippen LogP contribution in [0.15, 0.2) is 18.2 Å². The molecule has 1 aromatic carbocycles. The molecular weight excluding hydrogens is 238 g/mol. The van der Waals surface area contributed by atoms with E-state index in [0.717, 1.165) is 18.2 Å². The van der Waals surface area contributed by atoms with E-state index in [1.807, 2.05) is 19.1 Å². The van der Waals surface area contributed by atoms with E-state index in [0.29, 0.717) is 17.8 Å². The number of nitrogens with two attached hydrogens (primary N) is 1. The maximum Gasteiger partial charge on any atom is 0.251 e. The number of anilines is 2. The fourth-order valence-electron chi connectivity index (χ4n) is 2.60. The highest BCUT2D eigenvalue weighted by molar-refractivity contribution is 5.96. The number of rotatable bonds is 5. The summed E-state index contributed by atoms with van der Waals surface area (Å²) >= 11 is 0. The lowest BCUT2D eigenvalue weighted by atomic mass is 10.1. The van der Waals surface area contributed by atoms with Crippen LogP contribution in [-0.4, -0.2) is 19.0 Å². The Balaban J connectivity index is 1.96. The minimum absolute atomic E-state index is 0.0726. The molecule has 19 heavy (non-hydrogen) atoms. The molecule has 1 fully saturated rings. The number of carbonyl (C=O) groups excluding carboxylic acids is 1. The number of nitrogens with one attached hydrogen (secondary N) is 2. The van der Waals surface area contributed by atoms with Crippen molar-refractivity contribution in [3.63, 3.8) is 0 Å². The minimum Gasteiger partial charge on any atom is -0.397 e. The van der Waals surface area contributed by atoms with Gasteiger partial charge in [-0.25, -0.2) is 0 Å². The van der Waals surface area contributed by atoms with Crippen molar-refractivity contribution in [1.29, 1.82) is 0 Å². The first-order chi connectivity index (χ1) is 9.20. The summed E-state index contributed by atoms with van der Waals surface area (Å²) in [6.07, 6.45) is 5.31. The molecule has 1 aliphatic carbocycles. The van der Waals surface area contributed by atoms with Crippen LogP contribution < -0.4 is 16.4 Å². The molecule has 1 saturated carbocycles. The number of benzene rings is 1. The van der Waals surface area contributed by atoms with E-state index in [2.05, 4.69) is 10.6 Å². The smallest absolute Gasteiger partial charge is 0.251 e. The van der Waals surface area contributed by atoms with Gasteiger partial charge in [0.25, 0.3) is 5.91 Å². The Morgan fingerprint density at radius 2 is 2.11 bits per heavy atom. The molecule has 0 saturated heterocycles. The normalized spacial score (nSPS) is 15.4. The van der Waals surface area contributed by atoms with E-state index < -0.39 is 0 Å². The lowest BCUT2D eigenvalue weighted by Crippen LogP contribution is -2.22. The van der Waals surface area contributed by atoms with Gasteiger partial charge >= 0.3 is 0 Å². The van der Waals surface area contributed by atoms with Crippen molar-refractivity contribution in [2.75, 3.05) is 24.1 Å². The van der Waals surface area contributed by atoms with Gasteiger partial charge in [0.15, 0.2) is 0 Å². The molecular formula is C15H23N3O. The molecule has 4 heteroatoms. The fraction of sp³-hybridized carbons (Fsp3) is 0.533.